The molecular formula is C15H21N3O3. The summed E-state index contributed by atoms with van der Waals surface area (Å²) in [5.74, 6) is 0.284. The molecule has 1 aliphatic rings. The summed E-state index contributed by atoms with van der Waals surface area (Å²) in [6, 6.07) is 4.97. The number of nitrogens with two attached hydrogens (primary N) is 1. The van der Waals surface area contributed by atoms with Crippen molar-refractivity contribution in [1.82, 2.24) is 10.2 Å². The summed E-state index contributed by atoms with van der Waals surface area (Å²) in [5.41, 5.74) is 6.14. The zero-order chi connectivity index (χ0) is 15.6. The van der Waals surface area contributed by atoms with Crippen molar-refractivity contribution in [3.05, 3.63) is 23.8 Å². The summed E-state index contributed by atoms with van der Waals surface area (Å²) in [6.45, 7) is 2.81. The number of amides is 2. The summed E-state index contributed by atoms with van der Waals surface area (Å²) in [6.07, 6.45) is 0.642. The van der Waals surface area contributed by atoms with E-state index in [1.807, 2.05) is 6.92 Å². The molecule has 1 saturated heterocycles. The van der Waals surface area contributed by atoms with E-state index >= 15 is 0 Å². The average Bonchev–Trinajstić information content (AvgIpc) is 2.89. The Morgan fingerprint density at radius 3 is 2.76 bits per heavy atom. The number of nitrogen functional groups attached to an aromatic ring is 1. The first-order valence-electron chi connectivity index (χ1n) is 6.86. The molecule has 0 radical (unpaired) electrons. The van der Waals surface area contributed by atoms with Gasteiger partial charge in [0.1, 0.15) is 5.75 Å². The summed E-state index contributed by atoms with van der Waals surface area (Å²) in [5, 5.41) is 2.66. The van der Waals surface area contributed by atoms with Gasteiger partial charge in [-0.1, -0.05) is 0 Å². The molecule has 2 amide bonds. The number of nitrogens with zero attached hydrogens (tertiary/aromatic N) is 1. The highest BCUT2D eigenvalue weighted by Gasteiger charge is 2.42. The van der Waals surface area contributed by atoms with E-state index in [4.69, 9.17) is 10.5 Å². The van der Waals surface area contributed by atoms with Crippen molar-refractivity contribution < 1.29 is 14.3 Å². The van der Waals surface area contributed by atoms with Crippen molar-refractivity contribution in [2.75, 3.05) is 33.0 Å². The second kappa shape index (κ2) is 5.63. The van der Waals surface area contributed by atoms with Gasteiger partial charge in [-0.05, 0) is 31.5 Å². The molecule has 1 aromatic carbocycles. The summed E-state index contributed by atoms with van der Waals surface area (Å²) in [7, 11) is 3.12. The molecule has 0 saturated carbocycles. The topological polar surface area (TPSA) is 84.7 Å². The molecule has 1 fully saturated rings. The number of likely N-dealkylation sites (tertiary alicyclic amines) is 1. The molecule has 3 N–H and O–H groups in total. The van der Waals surface area contributed by atoms with E-state index in [1.54, 1.807) is 30.1 Å². The molecule has 1 atom stereocenters. The van der Waals surface area contributed by atoms with Gasteiger partial charge in [0.25, 0.3) is 5.91 Å². The average molecular weight is 291 g/mol. The summed E-state index contributed by atoms with van der Waals surface area (Å²) >= 11 is 0. The number of nitrogens with one attached hydrogen (secondary N) is 1. The van der Waals surface area contributed by atoms with Gasteiger partial charge in [0.2, 0.25) is 5.91 Å². The molecule has 114 valence electrons. The van der Waals surface area contributed by atoms with Gasteiger partial charge in [0, 0.05) is 25.8 Å². The third kappa shape index (κ3) is 2.79. The number of carbonyl (C=O) groups is 2. The van der Waals surface area contributed by atoms with Crippen LogP contribution >= 0.6 is 0 Å². The molecule has 2 rings (SSSR count). The first-order valence-corrected chi connectivity index (χ1v) is 6.86. The zero-order valence-corrected chi connectivity index (χ0v) is 12.6. The van der Waals surface area contributed by atoms with Gasteiger partial charge in [-0.15, -0.1) is 0 Å². The van der Waals surface area contributed by atoms with E-state index in [0.717, 1.165) is 0 Å². The van der Waals surface area contributed by atoms with Crippen molar-refractivity contribution in [1.29, 1.82) is 0 Å². The minimum Gasteiger partial charge on any atom is -0.496 e. The predicted octanol–water partition coefficient (Wildman–Crippen LogP) is 0.876. The smallest absolute Gasteiger partial charge is 0.257 e. The van der Waals surface area contributed by atoms with E-state index in [9.17, 15) is 9.59 Å². The number of anilines is 1. The van der Waals surface area contributed by atoms with Crippen LogP contribution in [-0.2, 0) is 4.79 Å². The molecule has 1 heterocycles. The van der Waals surface area contributed by atoms with E-state index in [2.05, 4.69) is 5.32 Å². The van der Waals surface area contributed by atoms with Crippen LogP contribution in [0.3, 0.4) is 0 Å². The Hall–Kier alpha value is -2.24. The summed E-state index contributed by atoms with van der Waals surface area (Å²) < 4.78 is 5.22. The normalized spacial score (nSPS) is 21.2. The lowest BCUT2D eigenvalue weighted by atomic mass is 9.89. The highest BCUT2D eigenvalue weighted by molar-refractivity contribution is 5.98. The number of hydrogen-bond donors (Lipinski definition) is 2. The van der Waals surface area contributed by atoms with E-state index in [1.165, 1.54) is 7.11 Å². The van der Waals surface area contributed by atoms with Crippen molar-refractivity contribution >= 4 is 17.5 Å². The fraction of sp³-hybridized carbons (Fsp3) is 0.467. The van der Waals surface area contributed by atoms with Crippen LogP contribution in [0.2, 0.25) is 0 Å². The van der Waals surface area contributed by atoms with Gasteiger partial charge in [-0.25, -0.2) is 0 Å². The van der Waals surface area contributed by atoms with Crippen LogP contribution in [0.4, 0.5) is 5.69 Å². The number of benzene rings is 1. The Morgan fingerprint density at radius 1 is 1.43 bits per heavy atom. The molecule has 0 aromatic heterocycles. The zero-order valence-electron chi connectivity index (χ0n) is 12.6. The lowest BCUT2D eigenvalue weighted by molar-refractivity contribution is -0.128. The molecular weight excluding hydrogens is 270 g/mol. The predicted molar refractivity (Wildman–Crippen MR) is 80.1 cm³/mol. The Morgan fingerprint density at radius 2 is 2.14 bits per heavy atom. The largest absolute Gasteiger partial charge is 0.496 e. The van der Waals surface area contributed by atoms with Crippen LogP contribution in [-0.4, -0.2) is 44.0 Å². The first kappa shape index (κ1) is 15.2. The maximum absolute atomic E-state index is 12.6. The number of hydrogen-bond acceptors (Lipinski definition) is 4. The minimum atomic E-state index is -0.544. The van der Waals surface area contributed by atoms with Crippen molar-refractivity contribution in [2.45, 2.75) is 13.3 Å². The van der Waals surface area contributed by atoms with Gasteiger partial charge in [-0.3, -0.25) is 9.59 Å². The summed E-state index contributed by atoms with van der Waals surface area (Å²) in [4.78, 5) is 26.2. The SMILES string of the molecule is CNC(=O)C1(C)CCN(C(=O)c2cc(N)ccc2OC)C1. The molecule has 0 spiro atoms. The van der Waals surface area contributed by atoms with Gasteiger partial charge in [0.05, 0.1) is 18.1 Å². The van der Waals surface area contributed by atoms with Crippen molar-refractivity contribution in [3.8, 4) is 5.75 Å². The fourth-order valence-electron chi connectivity index (χ4n) is 2.68. The van der Waals surface area contributed by atoms with Gasteiger partial charge in [-0.2, -0.15) is 0 Å². The first-order chi connectivity index (χ1) is 9.91. The van der Waals surface area contributed by atoms with Crippen molar-refractivity contribution in [3.63, 3.8) is 0 Å². The number of carbonyl (C=O) groups excluding carboxylic acids is 2. The number of methoxy groups -OCH3 is 1. The molecule has 21 heavy (non-hydrogen) atoms. The second-order valence-electron chi connectivity index (χ2n) is 5.58. The molecule has 1 aromatic rings. The number of rotatable bonds is 3. The van der Waals surface area contributed by atoms with E-state index in [-0.39, 0.29) is 11.8 Å². The van der Waals surface area contributed by atoms with Crippen LogP contribution in [0.15, 0.2) is 18.2 Å². The molecule has 6 heteroatoms. The highest BCUT2D eigenvalue weighted by atomic mass is 16.5. The maximum atomic E-state index is 12.6. The molecule has 0 aliphatic carbocycles. The van der Waals surface area contributed by atoms with E-state index < -0.39 is 5.41 Å². The Balaban J connectivity index is 2.23. The molecule has 0 bridgehead atoms. The van der Waals surface area contributed by atoms with Gasteiger partial charge < -0.3 is 20.7 Å². The lowest BCUT2D eigenvalue weighted by Crippen LogP contribution is -2.40. The fourth-order valence-corrected chi connectivity index (χ4v) is 2.68. The molecule has 6 nitrogen and oxygen atoms in total. The Labute approximate surface area is 124 Å². The third-order valence-electron chi connectivity index (χ3n) is 3.99. The van der Waals surface area contributed by atoms with E-state index in [0.29, 0.717) is 36.5 Å². The van der Waals surface area contributed by atoms with Crippen molar-refractivity contribution in [2.24, 2.45) is 5.41 Å². The van der Waals surface area contributed by atoms with Crippen LogP contribution in [0.1, 0.15) is 23.7 Å². The number of ether oxygens (including phenoxy) is 1. The Bertz CT molecular complexity index is 573. The van der Waals surface area contributed by atoms with Crippen LogP contribution in [0.25, 0.3) is 0 Å². The van der Waals surface area contributed by atoms with Gasteiger partial charge >= 0.3 is 0 Å². The quantitative estimate of drug-likeness (QED) is 0.810. The maximum Gasteiger partial charge on any atom is 0.257 e. The monoisotopic (exact) mass is 291 g/mol. The standard InChI is InChI=1S/C15H21N3O3/c1-15(14(20)17-2)6-7-18(9-15)13(19)11-8-10(16)4-5-12(11)21-3/h4-5,8H,6-7,9,16H2,1-3H3,(H,17,20). The van der Waals surface area contributed by atoms with Gasteiger partial charge in [0.15, 0.2) is 0 Å². The van der Waals surface area contributed by atoms with Crippen LogP contribution < -0.4 is 15.8 Å². The second-order valence-corrected chi connectivity index (χ2v) is 5.58. The Kier molecular flexibility index (Phi) is 4.06. The third-order valence-corrected chi connectivity index (χ3v) is 3.99. The minimum absolute atomic E-state index is 0.0441. The molecule has 1 unspecified atom stereocenters. The lowest BCUT2D eigenvalue weighted by Gasteiger charge is -2.23. The highest BCUT2D eigenvalue weighted by Crippen LogP contribution is 2.32. The molecule has 1 aliphatic heterocycles. The van der Waals surface area contributed by atoms with Crippen LogP contribution in [0, 0.1) is 5.41 Å². The van der Waals surface area contributed by atoms with Crippen LogP contribution in [0.5, 0.6) is 5.75 Å².